The first kappa shape index (κ1) is 19.4. The molecular weight excluding hydrogens is 348 g/mol. The number of rotatable bonds is 5. The van der Waals surface area contributed by atoms with E-state index in [1.54, 1.807) is 0 Å². The van der Waals surface area contributed by atoms with E-state index in [2.05, 4.69) is 20.8 Å². The van der Waals surface area contributed by atoms with Gasteiger partial charge in [0, 0.05) is 18.9 Å². The highest BCUT2D eigenvalue weighted by Crippen LogP contribution is 2.82. The second-order valence-electron chi connectivity index (χ2n) is 11.9. The lowest BCUT2D eigenvalue weighted by Crippen LogP contribution is -2.57. The van der Waals surface area contributed by atoms with Gasteiger partial charge in [-0.25, -0.2) is 0 Å². The molecule has 0 aromatic carbocycles. The summed E-state index contributed by atoms with van der Waals surface area (Å²) >= 11 is 0. The highest BCUT2D eigenvalue weighted by atomic mass is 16.5. The summed E-state index contributed by atoms with van der Waals surface area (Å²) in [6, 6.07) is 0. The third-order valence-corrected chi connectivity index (χ3v) is 11.4. The van der Waals surface area contributed by atoms with Gasteiger partial charge < -0.3 is 9.84 Å². The number of methoxy groups -OCH3 is 1. The molecule has 10 atom stereocenters. The molecule has 5 rings (SSSR count). The lowest BCUT2D eigenvalue weighted by atomic mass is 9.45. The van der Waals surface area contributed by atoms with E-state index in [1.807, 2.05) is 7.11 Å². The summed E-state index contributed by atoms with van der Waals surface area (Å²) in [6.45, 7) is 7.55. The average molecular weight is 389 g/mol. The summed E-state index contributed by atoms with van der Waals surface area (Å²) in [5.74, 6) is 4.11. The van der Waals surface area contributed by atoms with Crippen molar-refractivity contribution in [1.29, 1.82) is 0 Å². The summed E-state index contributed by atoms with van der Waals surface area (Å²) in [4.78, 5) is 11.1. The molecule has 0 saturated heterocycles. The van der Waals surface area contributed by atoms with Crippen molar-refractivity contribution in [2.45, 2.75) is 91.1 Å². The molecule has 0 aromatic rings. The van der Waals surface area contributed by atoms with Crippen LogP contribution < -0.4 is 0 Å². The summed E-state index contributed by atoms with van der Waals surface area (Å²) < 4.78 is 6.22. The molecule has 1 spiro atoms. The summed E-state index contributed by atoms with van der Waals surface area (Å²) in [7, 11) is 1.97. The summed E-state index contributed by atoms with van der Waals surface area (Å²) in [5.41, 5.74) is 1.44. The highest BCUT2D eigenvalue weighted by molar-refractivity contribution is 5.66. The highest BCUT2D eigenvalue weighted by Gasteiger charge is 2.77. The summed E-state index contributed by atoms with van der Waals surface area (Å²) in [6.07, 6.45) is 12.7. The Morgan fingerprint density at radius 1 is 1.14 bits per heavy atom. The molecule has 158 valence electrons. The van der Waals surface area contributed by atoms with Crippen molar-refractivity contribution in [3.05, 3.63) is 0 Å². The van der Waals surface area contributed by atoms with Crippen molar-refractivity contribution in [1.82, 2.24) is 0 Å². The predicted molar refractivity (Wildman–Crippen MR) is 110 cm³/mol. The van der Waals surface area contributed by atoms with E-state index in [4.69, 9.17) is 9.84 Å². The van der Waals surface area contributed by atoms with Gasteiger partial charge in [-0.05, 0) is 104 Å². The summed E-state index contributed by atoms with van der Waals surface area (Å²) in [5, 5.41) is 9.14. The van der Waals surface area contributed by atoms with Gasteiger partial charge in [0.25, 0.3) is 0 Å². The molecule has 3 nitrogen and oxygen atoms in total. The lowest BCUT2D eigenvalue weighted by Gasteiger charge is -2.61. The maximum absolute atomic E-state index is 11.1. The van der Waals surface area contributed by atoms with Crippen LogP contribution in [0, 0.1) is 51.8 Å². The van der Waals surface area contributed by atoms with E-state index in [-0.39, 0.29) is 0 Å². The van der Waals surface area contributed by atoms with Crippen molar-refractivity contribution in [2.75, 3.05) is 7.11 Å². The zero-order valence-corrected chi connectivity index (χ0v) is 18.4. The molecule has 5 unspecified atom stereocenters. The molecule has 1 N–H and O–H groups in total. The number of hydrogen-bond acceptors (Lipinski definition) is 2. The van der Waals surface area contributed by atoms with E-state index >= 15 is 0 Å². The first-order chi connectivity index (χ1) is 13.3. The third-order valence-electron chi connectivity index (χ3n) is 11.4. The first-order valence-corrected chi connectivity index (χ1v) is 12.0. The van der Waals surface area contributed by atoms with Crippen LogP contribution in [0.4, 0.5) is 0 Å². The Labute approximate surface area is 171 Å². The molecule has 5 saturated carbocycles. The van der Waals surface area contributed by atoms with Crippen LogP contribution in [0.2, 0.25) is 0 Å². The first-order valence-electron chi connectivity index (χ1n) is 12.0. The molecule has 0 heterocycles. The van der Waals surface area contributed by atoms with Gasteiger partial charge in [0.1, 0.15) is 0 Å². The van der Waals surface area contributed by atoms with E-state index in [9.17, 15) is 4.79 Å². The van der Waals surface area contributed by atoms with Gasteiger partial charge >= 0.3 is 5.97 Å². The number of ether oxygens (including phenoxy) is 1. The fourth-order valence-electron chi connectivity index (χ4n) is 10.1. The Kier molecular flexibility index (Phi) is 4.31. The fraction of sp³-hybridized carbons (Fsp3) is 0.960. The average Bonchev–Trinajstić information content (AvgIpc) is 3.16. The lowest BCUT2D eigenvalue weighted by molar-refractivity contribution is -0.161. The zero-order chi connectivity index (χ0) is 19.9. The molecule has 28 heavy (non-hydrogen) atoms. The molecule has 0 radical (unpaired) electrons. The van der Waals surface area contributed by atoms with Crippen LogP contribution in [0.25, 0.3) is 0 Å². The van der Waals surface area contributed by atoms with Crippen LogP contribution in [0.1, 0.15) is 85.0 Å². The Hall–Kier alpha value is -0.570. The third kappa shape index (κ3) is 2.29. The number of carboxylic acids is 1. The minimum atomic E-state index is -0.635. The van der Waals surface area contributed by atoms with Crippen molar-refractivity contribution in [2.24, 2.45) is 51.8 Å². The molecule has 0 aliphatic heterocycles. The van der Waals surface area contributed by atoms with Gasteiger partial charge in [-0.2, -0.15) is 0 Å². The van der Waals surface area contributed by atoms with Crippen LogP contribution in [-0.2, 0) is 9.53 Å². The molecular formula is C25H40O3. The van der Waals surface area contributed by atoms with E-state index in [0.29, 0.717) is 40.6 Å². The smallest absolute Gasteiger partial charge is 0.303 e. The van der Waals surface area contributed by atoms with Gasteiger partial charge in [-0.3, -0.25) is 4.79 Å². The second kappa shape index (κ2) is 6.22. The number of carbonyl (C=O) groups is 1. The predicted octanol–water partition coefficient (Wildman–Crippen LogP) is 5.77. The largest absolute Gasteiger partial charge is 0.481 e. The zero-order valence-electron chi connectivity index (χ0n) is 18.4. The molecule has 0 bridgehead atoms. The van der Waals surface area contributed by atoms with Gasteiger partial charge in [-0.15, -0.1) is 0 Å². The van der Waals surface area contributed by atoms with Crippen LogP contribution in [0.3, 0.4) is 0 Å². The minimum absolute atomic E-state index is 0.332. The molecule has 0 aromatic heterocycles. The monoisotopic (exact) mass is 388 g/mol. The van der Waals surface area contributed by atoms with Crippen molar-refractivity contribution >= 4 is 5.97 Å². The topological polar surface area (TPSA) is 46.5 Å². The maximum atomic E-state index is 11.1. The van der Waals surface area contributed by atoms with Crippen molar-refractivity contribution < 1.29 is 14.6 Å². The Balaban J connectivity index is 1.40. The van der Waals surface area contributed by atoms with Crippen LogP contribution in [-0.4, -0.2) is 24.3 Å². The number of aliphatic carboxylic acids is 1. The van der Waals surface area contributed by atoms with Gasteiger partial charge in [0.05, 0.1) is 6.10 Å². The Morgan fingerprint density at radius 3 is 2.61 bits per heavy atom. The van der Waals surface area contributed by atoms with E-state index < -0.39 is 5.97 Å². The normalized spacial score (nSPS) is 55.0. The van der Waals surface area contributed by atoms with E-state index in [0.717, 1.165) is 30.1 Å². The van der Waals surface area contributed by atoms with Crippen molar-refractivity contribution in [3.8, 4) is 0 Å². The molecule has 5 aliphatic carbocycles. The molecule has 5 fully saturated rings. The van der Waals surface area contributed by atoms with Crippen molar-refractivity contribution in [3.63, 3.8) is 0 Å². The van der Waals surface area contributed by atoms with Crippen LogP contribution in [0.5, 0.6) is 0 Å². The number of fused-ring (bicyclic) bond motifs is 4. The Bertz CT molecular complexity index is 660. The molecule has 0 amide bonds. The van der Waals surface area contributed by atoms with E-state index in [1.165, 1.54) is 51.4 Å². The second-order valence-corrected chi connectivity index (χ2v) is 11.9. The standard InChI is InChI=1S/C25H40O3/c1-15(5-8-22(26)27)18-6-7-19-17-13-21(28-4)25-14-16(25)9-12-24(25,3)20(17)10-11-23(18,19)2/h15-21H,5-14H2,1-4H3,(H,26,27)/t15-,16-,17?,18?,19?,20?,21-,23-,24-,25?/m1/s1. The van der Waals surface area contributed by atoms with Gasteiger partial charge in [0.2, 0.25) is 0 Å². The molecule has 3 heteroatoms. The SMILES string of the molecule is CO[C@@H]1CC2C3CCC([C@H](C)CCC(=O)O)[C@@]3(C)CCC2[C@@]2(C)CC[C@@H]3CC312. The van der Waals surface area contributed by atoms with Crippen LogP contribution in [0.15, 0.2) is 0 Å². The quantitative estimate of drug-likeness (QED) is 0.650. The number of carboxylic acid groups (broad SMARTS) is 1. The maximum Gasteiger partial charge on any atom is 0.303 e. The number of hydrogen-bond donors (Lipinski definition) is 1. The fourth-order valence-corrected chi connectivity index (χ4v) is 10.1. The molecule has 5 aliphatic rings. The minimum Gasteiger partial charge on any atom is -0.481 e. The van der Waals surface area contributed by atoms with Gasteiger partial charge in [0.15, 0.2) is 0 Å². The van der Waals surface area contributed by atoms with Gasteiger partial charge in [-0.1, -0.05) is 20.8 Å². The van der Waals surface area contributed by atoms with Crippen LogP contribution >= 0.6 is 0 Å². The Morgan fingerprint density at radius 2 is 1.93 bits per heavy atom.